The van der Waals surface area contributed by atoms with Crippen molar-refractivity contribution in [2.24, 2.45) is 5.92 Å². The smallest absolute Gasteiger partial charge is 0.264 e. The third-order valence-electron chi connectivity index (χ3n) is 12.5. The number of amides is 7. The molecule has 5 heterocycles. The number of likely N-dealkylation sites (N-methyl/N-ethyl adjacent to an activating group) is 1. The lowest BCUT2D eigenvalue weighted by Gasteiger charge is -2.36. The van der Waals surface area contributed by atoms with Gasteiger partial charge < -0.3 is 36.1 Å². The number of benzene rings is 2. The molecule has 2 aromatic rings. The number of nitrogens with one attached hydrogen (secondary N) is 7. The minimum absolute atomic E-state index is 0.00175. The predicted octanol–water partition coefficient (Wildman–Crippen LogP) is -0.751. The van der Waals surface area contributed by atoms with E-state index in [0.29, 0.717) is 58.2 Å². The molecular formula is C44H60N10O11S2. The molecule has 7 amide bonds. The quantitative estimate of drug-likeness (QED) is 0.0600. The Balaban J connectivity index is 0.743. The molecule has 2 aromatic carbocycles. The van der Waals surface area contributed by atoms with E-state index in [1.165, 1.54) is 15.9 Å². The molecule has 0 aliphatic carbocycles. The number of ether oxygens (including phenoxy) is 2. The van der Waals surface area contributed by atoms with E-state index in [4.69, 9.17) is 9.47 Å². The Labute approximate surface area is 394 Å². The Morgan fingerprint density at radius 2 is 1.67 bits per heavy atom. The maximum absolute atomic E-state index is 13.3. The van der Waals surface area contributed by atoms with Gasteiger partial charge in [0.05, 0.1) is 69.0 Å². The summed E-state index contributed by atoms with van der Waals surface area (Å²) in [6.45, 7) is 3.14. The zero-order chi connectivity index (χ0) is 47.7. The first-order valence-electron chi connectivity index (χ1n) is 22.6. The van der Waals surface area contributed by atoms with Crippen molar-refractivity contribution in [3.63, 3.8) is 0 Å². The number of imide groups is 2. The molecule has 6 atom stereocenters. The van der Waals surface area contributed by atoms with Gasteiger partial charge in [0, 0.05) is 50.1 Å². The number of carbonyl (C=O) groups excluding carboxylic acids is 7. The fraction of sp³-hybridized carbons (Fsp3) is 0.568. The normalized spacial score (nSPS) is 24.4. The van der Waals surface area contributed by atoms with Gasteiger partial charge in [0.1, 0.15) is 11.5 Å². The van der Waals surface area contributed by atoms with Crippen LogP contribution in [0.25, 0.3) is 0 Å². The lowest BCUT2D eigenvalue weighted by molar-refractivity contribution is -0.136. The van der Waals surface area contributed by atoms with Crippen LogP contribution in [0.15, 0.2) is 42.5 Å². The van der Waals surface area contributed by atoms with Crippen LogP contribution in [0.2, 0.25) is 0 Å². The van der Waals surface area contributed by atoms with Gasteiger partial charge in [-0.15, -0.1) is 11.8 Å². The number of nitrogens with zero attached hydrogens (tertiary/aromatic N) is 3. The Morgan fingerprint density at radius 1 is 0.910 bits per heavy atom. The van der Waals surface area contributed by atoms with Gasteiger partial charge in [-0.25, -0.2) is 12.7 Å². The highest BCUT2D eigenvalue weighted by Crippen LogP contribution is 2.34. The molecule has 364 valence electrons. The van der Waals surface area contributed by atoms with Crippen LogP contribution in [-0.2, 0) is 43.5 Å². The van der Waals surface area contributed by atoms with Gasteiger partial charge in [-0.05, 0) is 68.5 Å². The summed E-state index contributed by atoms with van der Waals surface area (Å²) in [5.41, 5.74) is 2.84. The highest BCUT2D eigenvalue weighted by molar-refractivity contribution is 8.00. The van der Waals surface area contributed by atoms with E-state index in [2.05, 4.69) is 61.5 Å². The lowest BCUT2D eigenvalue weighted by atomic mass is 9.87. The molecular weight excluding hydrogens is 909 g/mol. The Bertz CT molecular complexity index is 2300. The third kappa shape index (κ3) is 13.0. The molecule has 4 saturated heterocycles. The first-order chi connectivity index (χ1) is 32.2. The van der Waals surface area contributed by atoms with E-state index < -0.39 is 45.6 Å². The first-order valence-corrected chi connectivity index (χ1v) is 25.5. The summed E-state index contributed by atoms with van der Waals surface area (Å²) in [5.74, 6) is -2.46. The van der Waals surface area contributed by atoms with Crippen molar-refractivity contribution in [3.05, 3.63) is 64.7 Å². The van der Waals surface area contributed by atoms with Crippen LogP contribution in [0.5, 0.6) is 0 Å². The minimum Gasteiger partial charge on any atom is -0.382 e. The van der Waals surface area contributed by atoms with Gasteiger partial charge in [0.2, 0.25) is 39.6 Å². The number of anilines is 1. The Kier molecular flexibility index (Phi) is 17.0. The van der Waals surface area contributed by atoms with Crippen LogP contribution in [0.1, 0.15) is 75.9 Å². The molecule has 67 heavy (non-hydrogen) atoms. The second-order valence-corrected chi connectivity index (χ2v) is 20.4. The zero-order valence-electron chi connectivity index (χ0n) is 37.7. The summed E-state index contributed by atoms with van der Waals surface area (Å²) in [7, 11) is -1.43. The van der Waals surface area contributed by atoms with Crippen LogP contribution in [-0.4, -0.2) is 173 Å². The number of thioether (sulfide) groups is 1. The average molecular weight is 969 g/mol. The maximum Gasteiger partial charge on any atom is 0.264 e. The largest absolute Gasteiger partial charge is 0.382 e. The van der Waals surface area contributed by atoms with E-state index in [1.807, 2.05) is 11.9 Å². The van der Waals surface area contributed by atoms with Gasteiger partial charge in [-0.2, -0.15) is 0 Å². The SMILES string of the molecule is CN(CC(=O)NCCOCCOCCNc1cccc2c1C(=O)N(C1CCC(=O)NC1=O)C2=O)C1CC(c2cccc(C3CSC(NC(=O)CNC(=O)C4CCN(S(C)(=O)=O)C4)N3)c2)CCN1. The summed E-state index contributed by atoms with van der Waals surface area (Å²) in [6.07, 6.45) is 3.45. The van der Waals surface area contributed by atoms with Gasteiger partial charge in [-0.1, -0.05) is 30.3 Å². The number of fused-ring (bicyclic) bond motifs is 1. The number of piperidine rings is 2. The molecule has 4 fully saturated rings. The van der Waals surface area contributed by atoms with E-state index in [0.717, 1.165) is 41.9 Å². The van der Waals surface area contributed by atoms with Crippen molar-refractivity contribution in [3.8, 4) is 0 Å². The molecule has 7 N–H and O–H groups in total. The van der Waals surface area contributed by atoms with Crippen LogP contribution in [0.3, 0.4) is 0 Å². The average Bonchev–Trinajstić information content (AvgIpc) is 4.06. The Hall–Kier alpha value is -5.01. The molecule has 7 rings (SSSR count). The number of hydrogen-bond acceptors (Lipinski definition) is 16. The fourth-order valence-electron chi connectivity index (χ4n) is 8.96. The molecule has 5 aliphatic rings. The highest BCUT2D eigenvalue weighted by atomic mass is 32.2. The molecule has 0 aromatic heterocycles. The molecule has 23 heteroatoms. The minimum atomic E-state index is -3.36. The highest BCUT2D eigenvalue weighted by Gasteiger charge is 2.45. The molecule has 5 aliphatic heterocycles. The van der Waals surface area contributed by atoms with Crippen molar-refractivity contribution in [1.29, 1.82) is 0 Å². The first kappa shape index (κ1) is 49.9. The lowest BCUT2D eigenvalue weighted by Crippen LogP contribution is -2.54. The van der Waals surface area contributed by atoms with Gasteiger partial charge >= 0.3 is 0 Å². The van der Waals surface area contributed by atoms with E-state index in [9.17, 15) is 42.0 Å². The fourth-order valence-corrected chi connectivity index (χ4v) is 11.0. The summed E-state index contributed by atoms with van der Waals surface area (Å²) >= 11 is 1.58. The van der Waals surface area contributed by atoms with Crippen LogP contribution >= 0.6 is 11.8 Å². The molecule has 6 unspecified atom stereocenters. The molecule has 0 saturated carbocycles. The van der Waals surface area contributed by atoms with E-state index in [1.54, 1.807) is 23.9 Å². The predicted molar refractivity (Wildman–Crippen MR) is 247 cm³/mol. The monoisotopic (exact) mass is 968 g/mol. The van der Waals surface area contributed by atoms with E-state index >= 15 is 0 Å². The van der Waals surface area contributed by atoms with Crippen molar-refractivity contribution in [1.82, 2.24) is 46.0 Å². The number of hydrogen-bond donors (Lipinski definition) is 7. The van der Waals surface area contributed by atoms with Crippen LogP contribution in [0, 0.1) is 5.92 Å². The van der Waals surface area contributed by atoms with Gasteiger partial charge in [0.15, 0.2) is 0 Å². The summed E-state index contributed by atoms with van der Waals surface area (Å²) < 4.78 is 36.1. The van der Waals surface area contributed by atoms with Crippen molar-refractivity contribution in [2.45, 2.75) is 61.8 Å². The second kappa shape index (κ2) is 22.9. The standard InChI is InChI=1S/C44H60N10O11S2/c1-52(25-38(57)47-15-18-65-20-19-64-17-14-45-32-8-4-7-31-39(32)43(61)54(42(31)60)34-9-10-36(55)50-41(34)59)35-22-28(11-13-46-35)27-5-3-6-29(21-27)33-26-66-44(49-33)51-37(56)23-48-40(58)30-12-16-53(24-30)67(2,62)63/h3-8,21,28,30,33-35,44-46,49H,9-20,22-26H2,1-2H3,(H,47,57)(H,48,58)(H,51,56)(H,50,55,59). The summed E-state index contributed by atoms with van der Waals surface area (Å²) in [4.78, 5) is 91.3. The van der Waals surface area contributed by atoms with Crippen LogP contribution < -0.4 is 37.2 Å². The summed E-state index contributed by atoms with van der Waals surface area (Å²) in [6, 6.07) is 12.3. The third-order valence-corrected chi connectivity index (χ3v) is 14.9. The summed E-state index contributed by atoms with van der Waals surface area (Å²) in [5, 5.41) is 20.8. The number of sulfonamides is 1. The number of rotatable bonds is 21. The van der Waals surface area contributed by atoms with Crippen LogP contribution in [0.4, 0.5) is 5.69 Å². The van der Waals surface area contributed by atoms with E-state index in [-0.39, 0.29) is 84.9 Å². The van der Waals surface area contributed by atoms with Crippen molar-refractivity contribution >= 4 is 68.8 Å². The van der Waals surface area contributed by atoms with Gasteiger partial charge in [-0.3, -0.25) is 54.0 Å². The molecule has 21 nitrogen and oxygen atoms in total. The zero-order valence-corrected chi connectivity index (χ0v) is 39.3. The second-order valence-electron chi connectivity index (χ2n) is 17.3. The van der Waals surface area contributed by atoms with Crippen molar-refractivity contribution in [2.75, 3.05) is 96.6 Å². The molecule has 0 radical (unpaired) electrons. The van der Waals surface area contributed by atoms with Gasteiger partial charge in [0.25, 0.3) is 11.8 Å². The number of carbonyl (C=O) groups is 7. The topological polar surface area (TPSA) is 266 Å². The Morgan fingerprint density at radius 3 is 2.43 bits per heavy atom. The maximum atomic E-state index is 13.3. The molecule has 0 bridgehead atoms. The van der Waals surface area contributed by atoms with Crippen molar-refractivity contribution < 1.29 is 51.5 Å². The molecule has 0 spiro atoms.